The van der Waals surface area contributed by atoms with Crippen molar-refractivity contribution >= 4 is 29.7 Å². The second-order valence-corrected chi connectivity index (χ2v) is 6.68. The maximum Gasteiger partial charge on any atom is 0.280 e. The van der Waals surface area contributed by atoms with Crippen molar-refractivity contribution < 1.29 is 4.79 Å². The molecule has 1 amide bonds. The normalized spacial score (nSPS) is 13.0. The Kier molecular flexibility index (Phi) is 5.19. The lowest BCUT2D eigenvalue weighted by atomic mass is 9.99. The lowest BCUT2D eigenvalue weighted by Crippen LogP contribution is -2.36. The van der Waals surface area contributed by atoms with Gasteiger partial charge in [0.05, 0.1) is 11.4 Å². The minimum atomic E-state index is -0.132. The standard InChI is InChI=1S/C20H21N5O.ClH/c1-13-8-10-15(11-9-13)25-14(2)19(22-23-25)20(26)24-12-4-5-16-17(21)6-3-7-18(16)24;/h3,6-11H,4-5,12,21H2,1-2H3;1H. The van der Waals surface area contributed by atoms with Gasteiger partial charge in [0, 0.05) is 17.9 Å². The molecule has 140 valence electrons. The van der Waals surface area contributed by atoms with Crippen LogP contribution in [0.25, 0.3) is 5.69 Å². The Morgan fingerprint density at radius 2 is 1.85 bits per heavy atom. The molecule has 6 nitrogen and oxygen atoms in total. The first-order valence-electron chi connectivity index (χ1n) is 8.75. The van der Waals surface area contributed by atoms with Crippen LogP contribution in [0.2, 0.25) is 0 Å². The van der Waals surface area contributed by atoms with Gasteiger partial charge in [0.25, 0.3) is 5.91 Å². The van der Waals surface area contributed by atoms with Gasteiger partial charge in [-0.05, 0) is 56.5 Å². The molecule has 27 heavy (non-hydrogen) atoms. The van der Waals surface area contributed by atoms with E-state index in [0.29, 0.717) is 12.2 Å². The number of nitrogens with two attached hydrogens (primary N) is 1. The number of anilines is 2. The van der Waals surface area contributed by atoms with Gasteiger partial charge in [-0.2, -0.15) is 0 Å². The monoisotopic (exact) mass is 383 g/mol. The third-order valence-electron chi connectivity index (χ3n) is 4.91. The first-order chi connectivity index (χ1) is 12.6. The highest BCUT2D eigenvalue weighted by atomic mass is 35.5. The molecule has 1 aromatic heterocycles. The van der Waals surface area contributed by atoms with E-state index in [2.05, 4.69) is 10.3 Å². The summed E-state index contributed by atoms with van der Waals surface area (Å²) < 4.78 is 1.71. The molecule has 0 radical (unpaired) electrons. The highest BCUT2D eigenvalue weighted by Crippen LogP contribution is 2.32. The van der Waals surface area contributed by atoms with Gasteiger partial charge in [0.2, 0.25) is 0 Å². The number of aryl methyl sites for hydroxylation is 1. The van der Waals surface area contributed by atoms with Crippen LogP contribution in [0.15, 0.2) is 42.5 Å². The Morgan fingerprint density at radius 3 is 2.59 bits per heavy atom. The number of nitrogen functional groups attached to an aromatic ring is 1. The Hall–Kier alpha value is -2.86. The third kappa shape index (κ3) is 3.28. The van der Waals surface area contributed by atoms with Gasteiger partial charge in [-0.25, -0.2) is 4.68 Å². The summed E-state index contributed by atoms with van der Waals surface area (Å²) in [5.74, 6) is -0.132. The largest absolute Gasteiger partial charge is 0.398 e. The molecule has 7 heteroatoms. The molecule has 0 bridgehead atoms. The highest BCUT2D eigenvalue weighted by molar-refractivity contribution is 6.06. The predicted octanol–water partition coefficient (Wildman–Crippen LogP) is 3.48. The average molecular weight is 384 g/mol. The summed E-state index contributed by atoms with van der Waals surface area (Å²) in [6, 6.07) is 13.7. The van der Waals surface area contributed by atoms with E-state index < -0.39 is 0 Å². The first kappa shape index (κ1) is 18.9. The van der Waals surface area contributed by atoms with E-state index in [9.17, 15) is 4.79 Å². The molecule has 0 fully saturated rings. The Labute approximate surface area is 164 Å². The molecule has 0 atom stereocenters. The van der Waals surface area contributed by atoms with Crippen molar-refractivity contribution in [1.29, 1.82) is 0 Å². The second-order valence-electron chi connectivity index (χ2n) is 6.68. The number of halogens is 1. The molecule has 1 aliphatic heterocycles. The number of aromatic nitrogens is 3. The number of amides is 1. The van der Waals surface area contributed by atoms with Gasteiger partial charge in [-0.3, -0.25) is 4.79 Å². The summed E-state index contributed by atoms with van der Waals surface area (Å²) in [6.45, 7) is 4.57. The molecular weight excluding hydrogens is 362 g/mol. The number of nitrogens with zero attached hydrogens (tertiary/aromatic N) is 4. The Morgan fingerprint density at radius 1 is 1.11 bits per heavy atom. The molecule has 0 spiro atoms. The number of hydrogen-bond acceptors (Lipinski definition) is 4. The fourth-order valence-electron chi connectivity index (χ4n) is 3.45. The van der Waals surface area contributed by atoms with Crippen LogP contribution < -0.4 is 10.6 Å². The van der Waals surface area contributed by atoms with E-state index in [0.717, 1.165) is 41.2 Å². The summed E-state index contributed by atoms with van der Waals surface area (Å²) in [6.07, 6.45) is 1.78. The van der Waals surface area contributed by atoms with E-state index in [1.54, 1.807) is 9.58 Å². The van der Waals surface area contributed by atoms with Crippen LogP contribution in [-0.4, -0.2) is 27.4 Å². The molecule has 0 saturated heterocycles. The van der Waals surface area contributed by atoms with E-state index in [4.69, 9.17) is 5.73 Å². The number of hydrogen-bond donors (Lipinski definition) is 1. The predicted molar refractivity (Wildman–Crippen MR) is 109 cm³/mol. The van der Waals surface area contributed by atoms with E-state index in [-0.39, 0.29) is 18.3 Å². The Balaban J connectivity index is 0.00000210. The fourth-order valence-corrected chi connectivity index (χ4v) is 3.45. The number of carbonyl (C=O) groups is 1. The van der Waals surface area contributed by atoms with E-state index >= 15 is 0 Å². The maximum absolute atomic E-state index is 13.2. The zero-order valence-corrected chi connectivity index (χ0v) is 16.2. The van der Waals surface area contributed by atoms with E-state index in [1.165, 1.54) is 5.56 Å². The number of rotatable bonds is 2. The van der Waals surface area contributed by atoms with Crippen molar-refractivity contribution in [2.75, 3.05) is 17.2 Å². The molecule has 0 saturated carbocycles. The summed E-state index contributed by atoms with van der Waals surface area (Å²) in [7, 11) is 0. The summed E-state index contributed by atoms with van der Waals surface area (Å²) in [5.41, 5.74) is 11.9. The number of benzene rings is 2. The lowest BCUT2D eigenvalue weighted by molar-refractivity contribution is 0.0979. The van der Waals surface area contributed by atoms with Gasteiger partial charge in [0.1, 0.15) is 0 Å². The van der Waals surface area contributed by atoms with Gasteiger partial charge >= 0.3 is 0 Å². The topological polar surface area (TPSA) is 77.0 Å². The van der Waals surface area contributed by atoms with Crippen molar-refractivity contribution in [2.45, 2.75) is 26.7 Å². The van der Waals surface area contributed by atoms with E-state index in [1.807, 2.05) is 56.3 Å². The molecule has 2 aromatic carbocycles. The van der Waals surface area contributed by atoms with Crippen molar-refractivity contribution in [3.63, 3.8) is 0 Å². The molecule has 0 unspecified atom stereocenters. The van der Waals surface area contributed by atoms with Crippen LogP contribution in [-0.2, 0) is 6.42 Å². The van der Waals surface area contributed by atoms with Crippen molar-refractivity contribution in [3.8, 4) is 5.69 Å². The number of fused-ring (bicyclic) bond motifs is 1. The Bertz CT molecular complexity index is 981. The van der Waals surface area contributed by atoms with Crippen LogP contribution in [0.4, 0.5) is 11.4 Å². The van der Waals surface area contributed by atoms with Crippen LogP contribution in [0.3, 0.4) is 0 Å². The molecule has 2 N–H and O–H groups in total. The average Bonchev–Trinajstić information content (AvgIpc) is 3.03. The van der Waals surface area contributed by atoms with Gasteiger partial charge < -0.3 is 10.6 Å². The van der Waals surface area contributed by atoms with Gasteiger partial charge in [-0.1, -0.05) is 29.0 Å². The van der Waals surface area contributed by atoms with Crippen molar-refractivity contribution in [2.24, 2.45) is 0 Å². The maximum atomic E-state index is 13.2. The van der Waals surface area contributed by atoms with Crippen LogP contribution in [0.5, 0.6) is 0 Å². The quantitative estimate of drug-likeness (QED) is 0.687. The van der Waals surface area contributed by atoms with Gasteiger partial charge in [0.15, 0.2) is 5.69 Å². The second kappa shape index (κ2) is 7.40. The zero-order valence-electron chi connectivity index (χ0n) is 15.3. The number of carbonyl (C=O) groups excluding carboxylic acids is 1. The SMILES string of the molecule is Cc1ccc(-n2nnc(C(=O)N3CCCc4c(N)cccc43)c2C)cc1.Cl. The smallest absolute Gasteiger partial charge is 0.280 e. The fraction of sp³-hybridized carbons (Fsp3) is 0.250. The molecule has 1 aliphatic rings. The zero-order chi connectivity index (χ0) is 18.3. The van der Waals surface area contributed by atoms with Crippen LogP contribution in [0, 0.1) is 13.8 Å². The molecule has 2 heterocycles. The van der Waals surface area contributed by atoms with Crippen LogP contribution in [0.1, 0.15) is 33.7 Å². The molecule has 3 aromatic rings. The minimum Gasteiger partial charge on any atom is -0.398 e. The summed E-state index contributed by atoms with van der Waals surface area (Å²) in [5, 5.41) is 8.38. The summed E-state index contributed by atoms with van der Waals surface area (Å²) >= 11 is 0. The van der Waals surface area contributed by atoms with Crippen molar-refractivity contribution in [1.82, 2.24) is 15.0 Å². The first-order valence-corrected chi connectivity index (χ1v) is 8.75. The van der Waals surface area contributed by atoms with Gasteiger partial charge in [-0.15, -0.1) is 17.5 Å². The third-order valence-corrected chi connectivity index (χ3v) is 4.91. The molecule has 4 rings (SSSR count). The molecular formula is C20H22ClN5O. The lowest BCUT2D eigenvalue weighted by Gasteiger charge is -2.29. The molecule has 0 aliphatic carbocycles. The highest BCUT2D eigenvalue weighted by Gasteiger charge is 2.28. The van der Waals surface area contributed by atoms with Crippen LogP contribution >= 0.6 is 12.4 Å². The van der Waals surface area contributed by atoms with Crippen molar-refractivity contribution in [3.05, 3.63) is 65.0 Å². The minimum absolute atomic E-state index is 0. The summed E-state index contributed by atoms with van der Waals surface area (Å²) in [4.78, 5) is 14.9.